The van der Waals surface area contributed by atoms with E-state index < -0.39 is 30.8 Å². The first kappa shape index (κ1) is 20.9. The van der Waals surface area contributed by atoms with Crippen LogP contribution in [-0.2, 0) is 29.0 Å². The molecule has 0 radical (unpaired) electrons. The number of benzene rings is 1. The van der Waals surface area contributed by atoms with E-state index >= 15 is 0 Å². The molecule has 2 aliphatic heterocycles. The van der Waals surface area contributed by atoms with E-state index in [4.69, 9.17) is 14.2 Å². The maximum Gasteiger partial charge on any atom is 0.406 e. The number of rotatable bonds is 5. The van der Waals surface area contributed by atoms with E-state index in [1.54, 1.807) is 12.1 Å². The number of carbonyl (C=O) groups is 1. The lowest BCUT2D eigenvalue weighted by atomic mass is 10.0. The Morgan fingerprint density at radius 2 is 2.17 bits per heavy atom. The van der Waals surface area contributed by atoms with E-state index in [1.165, 1.54) is 0 Å². The summed E-state index contributed by atoms with van der Waals surface area (Å²) in [5.74, 6) is 0.0407. The molecule has 1 aromatic heterocycles. The van der Waals surface area contributed by atoms with Gasteiger partial charge in [0, 0.05) is 18.4 Å². The first-order valence-electron chi connectivity index (χ1n) is 9.48. The molecule has 1 amide bonds. The topological polar surface area (TPSA) is 60.9 Å². The number of amides is 1. The summed E-state index contributed by atoms with van der Waals surface area (Å²) < 4.78 is 56.3. The van der Waals surface area contributed by atoms with Crippen LogP contribution in [0.5, 0.6) is 11.5 Å². The van der Waals surface area contributed by atoms with Gasteiger partial charge in [-0.15, -0.1) is 0 Å². The highest BCUT2D eigenvalue weighted by atomic mass is 32.1. The third-order valence-electron chi connectivity index (χ3n) is 4.76. The zero-order valence-electron chi connectivity index (χ0n) is 16.5. The summed E-state index contributed by atoms with van der Waals surface area (Å²) >= 11 is 1.04. The third-order valence-corrected chi connectivity index (χ3v) is 5.85. The molecule has 162 valence electrons. The second-order valence-corrected chi connectivity index (χ2v) is 8.90. The van der Waals surface area contributed by atoms with Gasteiger partial charge in [-0.25, -0.2) is 4.98 Å². The van der Waals surface area contributed by atoms with Crippen molar-refractivity contribution < 1.29 is 32.2 Å². The standard InChI is InChI=1S/C20H21F3N2O4S/c1-19(2)8-12-4-3-5-14(17(12)29-19)28-10-16(26)25(11-20(21,22)23)18-24-13-6-7-27-9-15(13)30-18/h3-5H,6-11H2,1-2H3. The summed E-state index contributed by atoms with van der Waals surface area (Å²) in [6.07, 6.45) is -3.38. The molecule has 0 atom stereocenters. The fourth-order valence-electron chi connectivity index (χ4n) is 3.49. The van der Waals surface area contributed by atoms with Crippen LogP contribution >= 0.6 is 11.3 Å². The quantitative estimate of drug-likeness (QED) is 0.703. The van der Waals surface area contributed by atoms with Crippen molar-refractivity contribution in [3.63, 3.8) is 0 Å². The molecule has 6 nitrogen and oxygen atoms in total. The molecule has 0 N–H and O–H groups in total. The molecular weight excluding hydrogens is 421 g/mol. The Bertz CT molecular complexity index is 935. The van der Waals surface area contributed by atoms with Gasteiger partial charge in [0.2, 0.25) is 0 Å². The van der Waals surface area contributed by atoms with Gasteiger partial charge in [-0.3, -0.25) is 9.69 Å². The van der Waals surface area contributed by atoms with Crippen LogP contribution in [0, 0.1) is 0 Å². The van der Waals surface area contributed by atoms with Gasteiger partial charge in [0.15, 0.2) is 23.2 Å². The van der Waals surface area contributed by atoms with Gasteiger partial charge in [-0.1, -0.05) is 23.5 Å². The summed E-state index contributed by atoms with van der Waals surface area (Å²) in [5, 5.41) is 0.00657. The zero-order chi connectivity index (χ0) is 21.5. The van der Waals surface area contributed by atoms with Gasteiger partial charge >= 0.3 is 6.18 Å². The van der Waals surface area contributed by atoms with E-state index in [9.17, 15) is 18.0 Å². The number of carbonyl (C=O) groups excluding carboxylic acids is 1. The number of thiazole rings is 1. The second-order valence-electron chi connectivity index (χ2n) is 7.84. The number of alkyl halides is 3. The van der Waals surface area contributed by atoms with Gasteiger partial charge in [0.25, 0.3) is 5.91 Å². The number of fused-ring (bicyclic) bond motifs is 2. The normalized spacial score (nSPS) is 17.1. The van der Waals surface area contributed by atoms with Crippen LogP contribution in [-0.4, -0.2) is 42.4 Å². The fourth-order valence-corrected chi connectivity index (χ4v) is 4.55. The highest BCUT2D eigenvalue weighted by molar-refractivity contribution is 7.15. The Hall–Kier alpha value is -2.33. The van der Waals surface area contributed by atoms with Crippen LogP contribution in [0.1, 0.15) is 30.0 Å². The van der Waals surface area contributed by atoms with E-state index in [-0.39, 0.29) is 5.13 Å². The smallest absolute Gasteiger partial charge is 0.406 e. The average molecular weight is 442 g/mol. The van der Waals surface area contributed by atoms with E-state index in [0.717, 1.165) is 21.8 Å². The monoisotopic (exact) mass is 442 g/mol. The predicted molar refractivity (Wildman–Crippen MR) is 104 cm³/mol. The molecule has 30 heavy (non-hydrogen) atoms. The number of ether oxygens (including phenoxy) is 3. The van der Waals surface area contributed by atoms with Crippen LogP contribution in [0.25, 0.3) is 0 Å². The Balaban J connectivity index is 1.52. The van der Waals surface area contributed by atoms with E-state index in [1.807, 2.05) is 19.9 Å². The third kappa shape index (κ3) is 4.54. The van der Waals surface area contributed by atoms with Crippen LogP contribution in [0.3, 0.4) is 0 Å². The van der Waals surface area contributed by atoms with Crippen molar-refractivity contribution in [2.24, 2.45) is 0 Å². The van der Waals surface area contributed by atoms with Gasteiger partial charge in [0.1, 0.15) is 12.1 Å². The highest BCUT2D eigenvalue weighted by Gasteiger charge is 2.37. The maximum atomic E-state index is 13.2. The Morgan fingerprint density at radius 3 is 2.90 bits per heavy atom. The lowest BCUT2D eigenvalue weighted by molar-refractivity contribution is -0.133. The van der Waals surface area contributed by atoms with Gasteiger partial charge < -0.3 is 14.2 Å². The van der Waals surface area contributed by atoms with Crippen molar-refractivity contribution in [1.82, 2.24) is 4.98 Å². The lowest BCUT2D eigenvalue weighted by Crippen LogP contribution is -2.41. The summed E-state index contributed by atoms with van der Waals surface area (Å²) in [5.41, 5.74) is 1.21. The molecule has 3 heterocycles. The molecule has 0 saturated carbocycles. The Morgan fingerprint density at radius 1 is 1.37 bits per heavy atom. The summed E-state index contributed by atoms with van der Waals surface area (Å²) in [6, 6.07) is 5.31. The SMILES string of the molecule is CC1(C)Cc2cccc(OCC(=O)N(CC(F)(F)F)c3nc4c(s3)COCC4)c2O1. The second kappa shape index (κ2) is 7.73. The molecule has 0 unspecified atom stereocenters. The maximum absolute atomic E-state index is 13.2. The zero-order valence-corrected chi connectivity index (χ0v) is 17.4. The number of aromatic nitrogens is 1. The van der Waals surface area contributed by atoms with Crippen molar-refractivity contribution in [2.75, 3.05) is 24.7 Å². The van der Waals surface area contributed by atoms with Crippen molar-refractivity contribution in [3.05, 3.63) is 34.3 Å². The Kier molecular flexibility index (Phi) is 5.39. The number of hydrogen-bond acceptors (Lipinski definition) is 6. The molecule has 0 aliphatic carbocycles. The summed E-state index contributed by atoms with van der Waals surface area (Å²) in [7, 11) is 0. The highest BCUT2D eigenvalue weighted by Crippen LogP contribution is 2.41. The van der Waals surface area contributed by atoms with Gasteiger partial charge in [-0.05, 0) is 19.9 Å². The van der Waals surface area contributed by atoms with Crippen molar-refractivity contribution in [2.45, 2.75) is 45.1 Å². The number of nitrogens with zero attached hydrogens (tertiary/aromatic N) is 2. The lowest BCUT2D eigenvalue weighted by Gasteiger charge is -2.22. The predicted octanol–water partition coefficient (Wildman–Crippen LogP) is 3.90. The first-order chi connectivity index (χ1) is 14.1. The minimum atomic E-state index is -4.57. The Labute approximate surface area is 175 Å². The number of anilines is 1. The molecule has 2 aromatic rings. The van der Waals surface area contributed by atoms with Crippen molar-refractivity contribution >= 4 is 22.4 Å². The first-order valence-corrected chi connectivity index (χ1v) is 10.3. The van der Waals surface area contributed by atoms with Crippen LogP contribution in [0.2, 0.25) is 0 Å². The number of hydrogen-bond donors (Lipinski definition) is 0. The molecule has 0 spiro atoms. The van der Waals surface area contributed by atoms with Crippen LogP contribution in [0.4, 0.5) is 18.3 Å². The van der Waals surface area contributed by atoms with E-state index in [2.05, 4.69) is 4.98 Å². The van der Waals surface area contributed by atoms with Gasteiger partial charge in [-0.2, -0.15) is 13.2 Å². The minimum absolute atomic E-state index is 0.00657. The number of halogens is 3. The van der Waals surface area contributed by atoms with Crippen LogP contribution < -0.4 is 14.4 Å². The van der Waals surface area contributed by atoms with Crippen molar-refractivity contribution in [1.29, 1.82) is 0 Å². The summed E-state index contributed by atoms with van der Waals surface area (Å²) in [6.45, 7) is 2.63. The molecule has 10 heteroatoms. The number of para-hydroxylation sites is 1. The molecular formula is C20H21F3N2O4S. The molecule has 0 fully saturated rings. The van der Waals surface area contributed by atoms with Crippen molar-refractivity contribution in [3.8, 4) is 11.5 Å². The summed E-state index contributed by atoms with van der Waals surface area (Å²) in [4.78, 5) is 18.4. The molecule has 0 bridgehead atoms. The fraction of sp³-hybridized carbons (Fsp3) is 0.500. The molecule has 0 saturated heterocycles. The average Bonchev–Trinajstić information content (AvgIpc) is 3.22. The van der Waals surface area contributed by atoms with Crippen LogP contribution in [0.15, 0.2) is 18.2 Å². The molecule has 1 aromatic carbocycles. The largest absolute Gasteiger partial charge is 0.483 e. The molecule has 4 rings (SSSR count). The minimum Gasteiger partial charge on any atom is -0.483 e. The van der Waals surface area contributed by atoms with E-state index in [0.29, 0.717) is 48.1 Å². The molecule has 2 aliphatic rings. The van der Waals surface area contributed by atoms with Gasteiger partial charge in [0.05, 0.1) is 23.8 Å².